The number of hydrogen-bond donors (Lipinski definition) is 1. The molecule has 2 aromatic carbocycles. The number of H-pyrrole nitrogens is 1. The number of rotatable bonds is 4. The number of carbonyl (C=O) groups is 3. The van der Waals surface area contributed by atoms with E-state index in [4.69, 9.17) is 4.74 Å². The molecule has 7 nitrogen and oxygen atoms in total. The predicted molar refractivity (Wildman–Crippen MR) is 119 cm³/mol. The molecule has 0 radical (unpaired) electrons. The van der Waals surface area contributed by atoms with Gasteiger partial charge in [0.25, 0.3) is 0 Å². The Bertz CT molecular complexity index is 1210. The second-order valence-electron chi connectivity index (χ2n) is 8.36. The molecule has 32 heavy (non-hydrogen) atoms. The van der Waals surface area contributed by atoms with Crippen LogP contribution in [-0.4, -0.2) is 58.8 Å². The normalized spacial score (nSPS) is 20.3. The van der Waals surface area contributed by atoms with Gasteiger partial charge in [-0.1, -0.05) is 37.3 Å². The SMILES string of the molecule is CCCN1CC(=O)N2[C@H](c3ccc(C(=O)OC)cc3)c3[nH]c4ccccc4c3C[C@H]2C1=O. The summed E-state index contributed by atoms with van der Waals surface area (Å²) in [6, 6.07) is 14.1. The van der Waals surface area contributed by atoms with Crippen LogP contribution in [0, 0.1) is 0 Å². The highest BCUT2D eigenvalue weighted by atomic mass is 16.5. The highest BCUT2D eigenvalue weighted by molar-refractivity contribution is 5.97. The third-order valence-electron chi connectivity index (χ3n) is 6.48. The Morgan fingerprint density at radius 1 is 1.12 bits per heavy atom. The van der Waals surface area contributed by atoms with Gasteiger partial charge in [-0.25, -0.2) is 4.79 Å². The Labute approximate surface area is 185 Å². The summed E-state index contributed by atoms with van der Waals surface area (Å²) in [5, 5.41) is 1.08. The van der Waals surface area contributed by atoms with E-state index in [0.717, 1.165) is 34.1 Å². The number of esters is 1. The number of benzene rings is 2. The third-order valence-corrected chi connectivity index (χ3v) is 6.48. The minimum absolute atomic E-state index is 0.00133. The van der Waals surface area contributed by atoms with Crippen molar-refractivity contribution in [3.8, 4) is 0 Å². The van der Waals surface area contributed by atoms with Crippen molar-refractivity contribution < 1.29 is 19.1 Å². The van der Waals surface area contributed by atoms with E-state index in [-0.39, 0.29) is 18.4 Å². The maximum Gasteiger partial charge on any atom is 0.337 e. The average Bonchev–Trinajstić information content (AvgIpc) is 3.19. The van der Waals surface area contributed by atoms with E-state index in [2.05, 4.69) is 11.1 Å². The summed E-state index contributed by atoms with van der Waals surface area (Å²) in [7, 11) is 1.35. The lowest BCUT2D eigenvalue weighted by Crippen LogP contribution is -2.63. The summed E-state index contributed by atoms with van der Waals surface area (Å²) in [6.07, 6.45) is 1.30. The zero-order chi connectivity index (χ0) is 22.4. The van der Waals surface area contributed by atoms with Crippen molar-refractivity contribution in [1.29, 1.82) is 0 Å². The number of ether oxygens (including phenoxy) is 1. The van der Waals surface area contributed by atoms with Crippen molar-refractivity contribution in [3.63, 3.8) is 0 Å². The van der Waals surface area contributed by atoms with E-state index in [0.29, 0.717) is 18.5 Å². The molecule has 0 saturated carbocycles. The Kier molecular flexibility index (Phi) is 4.96. The molecule has 0 bridgehead atoms. The first kappa shape index (κ1) is 20.3. The zero-order valence-electron chi connectivity index (χ0n) is 18.1. The van der Waals surface area contributed by atoms with Crippen LogP contribution in [0.3, 0.4) is 0 Å². The van der Waals surface area contributed by atoms with E-state index in [1.807, 2.05) is 37.3 Å². The van der Waals surface area contributed by atoms with E-state index >= 15 is 0 Å². The second-order valence-corrected chi connectivity index (χ2v) is 8.36. The Morgan fingerprint density at radius 3 is 2.59 bits per heavy atom. The van der Waals surface area contributed by atoms with Crippen LogP contribution in [0.4, 0.5) is 0 Å². The van der Waals surface area contributed by atoms with Crippen LogP contribution in [0.25, 0.3) is 10.9 Å². The summed E-state index contributed by atoms with van der Waals surface area (Å²) < 4.78 is 4.81. The van der Waals surface area contributed by atoms with Crippen LogP contribution in [0.5, 0.6) is 0 Å². The van der Waals surface area contributed by atoms with Gasteiger partial charge >= 0.3 is 5.97 Å². The van der Waals surface area contributed by atoms with Gasteiger partial charge in [0.1, 0.15) is 6.04 Å². The summed E-state index contributed by atoms with van der Waals surface area (Å²) in [5.41, 5.74) is 4.27. The number of aromatic amines is 1. The first-order valence-electron chi connectivity index (χ1n) is 10.9. The van der Waals surface area contributed by atoms with Gasteiger partial charge in [0.05, 0.1) is 25.3 Å². The van der Waals surface area contributed by atoms with Crippen molar-refractivity contribution >= 4 is 28.7 Å². The zero-order valence-corrected chi connectivity index (χ0v) is 18.1. The van der Waals surface area contributed by atoms with Gasteiger partial charge in [-0.2, -0.15) is 0 Å². The number of carbonyl (C=O) groups excluding carboxylic acids is 3. The van der Waals surface area contributed by atoms with E-state index in [1.54, 1.807) is 21.9 Å². The molecular weight excluding hydrogens is 406 g/mol. The first-order valence-corrected chi connectivity index (χ1v) is 10.9. The molecule has 2 amide bonds. The summed E-state index contributed by atoms with van der Waals surface area (Å²) in [6.45, 7) is 2.68. The number of piperazine rings is 1. The fourth-order valence-electron chi connectivity index (χ4n) is 5.05. The number of nitrogens with zero attached hydrogens (tertiary/aromatic N) is 2. The van der Waals surface area contributed by atoms with Gasteiger partial charge in [-0.15, -0.1) is 0 Å². The lowest BCUT2D eigenvalue weighted by atomic mass is 9.86. The number of methoxy groups -OCH3 is 1. The summed E-state index contributed by atoms with van der Waals surface area (Å²) in [4.78, 5) is 45.5. The molecular formula is C25H25N3O4. The molecule has 7 heteroatoms. The number of aromatic nitrogens is 1. The van der Waals surface area contributed by atoms with Crippen LogP contribution < -0.4 is 0 Å². The van der Waals surface area contributed by atoms with Gasteiger partial charge < -0.3 is 19.5 Å². The Balaban J connectivity index is 1.66. The fraction of sp³-hybridized carbons (Fsp3) is 0.320. The van der Waals surface area contributed by atoms with Gasteiger partial charge in [-0.05, 0) is 35.7 Å². The lowest BCUT2D eigenvalue weighted by molar-refractivity contribution is -0.158. The molecule has 1 aromatic heterocycles. The first-order chi connectivity index (χ1) is 15.5. The molecule has 2 atom stereocenters. The molecule has 2 aliphatic heterocycles. The van der Waals surface area contributed by atoms with Crippen molar-refractivity contribution in [1.82, 2.24) is 14.8 Å². The summed E-state index contributed by atoms with van der Waals surface area (Å²) in [5.74, 6) is -0.475. The maximum atomic E-state index is 13.4. The van der Waals surface area contributed by atoms with E-state index < -0.39 is 18.1 Å². The molecule has 5 rings (SSSR count). The quantitative estimate of drug-likeness (QED) is 0.644. The number of nitrogens with one attached hydrogen (secondary N) is 1. The van der Waals surface area contributed by atoms with Gasteiger partial charge in [0.2, 0.25) is 11.8 Å². The number of amides is 2. The van der Waals surface area contributed by atoms with E-state index in [1.165, 1.54) is 7.11 Å². The fourth-order valence-corrected chi connectivity index (χ4v) is 5.05. The molecule has 1 fully saturated rings. The average molecular weight is 431 g/mol. The highest BCUT2D eigenvalue weighted by Crippen LogP contribution is 2.42. The van der Waals surface area contributed by atoms with Crippen molar-refractivity contribution in [3.05, 3.63) is 70.9 Å². The highest BCUT2D eigenvalue weighted by Gasteiger charge is 2.47. The van der Waals surface area contributed by atoms with Crippen molar-refractivity contribution in [2.24, 2.45) is 0 Å². The standard InChI is InChI=1S/C25H25N3O4/c1-3-12-27-14-21(29)28-20(24(27)30)13-18-17-6-4-5-7-19(17)26-22(18)23(28)15-8-10-16(11-9-15)25(31)32-2/h4-11,20,23,26H,3,12-14H2,1-2H3/t20-,23+/m0/s1. The largest absolute Gasteiger partial charge is 0.465 e. The van der Waals surface area contributed by atoms with Crippen LogP contribution in [0.2, 0.25) is 0 Å². The molecule has 1 N–H and O–H groups in total. The molecule has 2 aliphatic rings. The molecule has 0 unspecified atom stereocenters. The molecule has 3 aromatic rings. The van der Waals surface area contributed by atoms with Crippen LogP contribution in [0.1, 0.15) is 46.6 Å². The Morgan fingerprint density at radius 2 is 1.88 bits per heavy atom. The van der Waals surface area contributed by atoms with E-state index in [9.17, 15) is 14.4 Å². The minimum Gasteiger partial charge on any atom is -0.465 e. The van der Waals surface area contributed by atoms with Crippen LogP contribution in [0.15, 0.2) is 48.5 Å². The van der Waals surface area contributed by atoms with Gasteiger partial charge in [-0.3, -0.25) is 9.59 Å². The monoisotopic (exact) mass is 431 g/mol. The van der Waals surface area contributed by atoms with Gasteiger partial charge in [0, 0.05) is 29.6 Å². The predicted octanol–water partition coefficient (Wildman–Crippen LogP) is 3.05. The number of para-hydroxylation sites is 1. The van der Waals surface area contributed by atoms with Crippen molar-refractivity contribution in [2.75, 3.05) is 20.2 Å². The molecule has 1 saturated heterocycles. The topological polar surface area (TPSA) is 82.7 Å². The maximum absolute atomic E-state index is 13.4. The number of fused-ring (bicyclic) bond motifs is 4. The minimum atomic E-state index is -0.542. The lowest BCUT2D eigenvalue weighted by Gasteiger charge is -2.47. The smallest absolute Gasteiger partial charge is 0.337 e. The summed E-state index contributed by atoms with van der Waals surface area (Å²) >= 11 is 0. The van der Waals surface area contributed by atoms with Crippen LogP contribution >= 0.6 is 0 Å². The Hall–Kier alpha value is -3.61. The molecule has 0 aliphatic carbocycles. The van der Waals surface area contributed by atoms with Crippen LogP contribution in [-0.2, 0) is 20.7 Å². The van der Waals surface area contributed by atoms with Gasteiger partial charge in [0.15, 0.2) is 0 Å². The number of hydrogen-bond acceptors (Lipinski definition) is 4. The molecule has 164 valence electrons. The second kappa shape index (κ2) is 7.82. The third kappa shape index (κ3) is 3.07. The molecule has 0 spiro atoms. The molecule has 3 heterocycles. The van der Waals surface area contributed by atoms with Crippen molar-refractivity contribution in [2.45, 2.75) is 31.8 Å².